The first-order valence-electron chi connectivity index (χ1n) is 10.5. The fourth-order valence-corrected chi connectivity index (χ4v) is 4.74. The van der Waals surface area contributed by atoms with Crippen LogP contribution in [0, 0.1) is 5.92 Å². The highest BCUT2D eigenvalue weighted by Crippen LogP contribution is 2.29. The summed E-state index contributed by atoms with van der Waals surface area (Å²) in [4.78, 5) is 11.3. The van der Waals surface area contributed by atoms with Gasteiger partial charge in [-0.1, -0.05) is 26.0 Å². The van der Waals surface area contributed by atoms with E-state index in [1.807, 2.05) is 16.9 Å². The molecule has 0 bridgehead atoms. The van der Waals surface area contributed by atoms with Crippen molar-refractivity contribution in [2.75, 3.05) is 20.3 Å². The Balaban J connectivity index is 1.97. The van der Waals surface area contributed by atoms with Crippen LogP contribution in [0.15, 0.2) is 64.6 Å². The number of carboxylic acid groups (broad SMARTS) is 1. The highest BCUT2D eigenvalue weighted by molar-refractivity contribution is 7.91. The van der Waals surface area contributed by atoms with E-state index in [0.29, 0.717) is 18.1 Å². The Morgan fingerprint density at radius 2 is 1.88 bits per heavy atom. The molecule has 0 saturated heterocycles. The molecule has 0 aliphatic heterocycles. The number of ether oxygens (including phenoxy) is 2. The predicted molar refractivity (Wildman–Crippen MR) is 123 cm³/mol. The molecule has 0 amide bonds. The summed E-state index contributed by atoms with van der Waals surface area (Å²) in [5.41, 5.74) is 1.88. The maximum absolute atomic E-state index is 13.4. The van der Waals surface area contributed by atoms with Crippen LogP contribution in [0.1, 0.15) is 19.4 Å². The standard InChI is InChI=1S/C24H28N2O6S/c1-17(2)15-26-16-20(14-25-26)19-5-4-6-22(12-19)33(29,30)23-10-18(11-24(27)28)9-21(13-23)32-8-7-31-3/h4-6,9-10,12-14,16-17H,7-8,11,15H2,1-3H3,(H,27,28). The van der Waals surface area contributed by atoms with Gasteiger partial charge in [0.15, 0.2) is 0 Å². The highest BCUT2D eigenvalue weighted by Gasteiger charge is 2.21. The number of hydrogen-bond donors (Lipinski definition) is 1. The lowest BCUT2D eigenvalue weighted by Crippen LogP contribution is -2.08. The van der Waals surface area contributed by atoms with E-state index >= 15 is 0 Å². The van der Waals surface area contributed by atoms with Crippen LogP contribution in [0.3, 0.4) is 0 Å². The Labute approximate surface area is 193 Å². The third-order valence-corrected chi connectivity index (χ3v) is 6.56. The van der Waals surface area contributed by atoms with Crippen molar-refractivity contribution in [2.24, 2.45) is 5.92 Å². The van der Waals surface area contributed by atoms with Gasteiger partial charge in [0, 0.05) is 25.4 Å². The Morgan fingerprint density at radius 1 is 1.09 bits per heavy atom. The van der Waals surface area contributed by atoms with Crippen molar-refractivity contribution >= 4 is 15.8 Å². The molecule has 9 heteroatoms. The van der Waals surface area contributed by atoms with Crippen LogP contribution in [0.25, 0.3) is 11.1 Å². The normalized spacial score (nSPS) is 11.6. The second kappa shape index (κ2) is 10.6. The molecular formula is C24H28N2O6S. The molecule has 0 spiro atoms. The van der Waals surface area contributed by atoms with Gasteiger partial charge >= 0.3 is 5.97 Å². The van der Waals surface area contributed by atoms with E-state index in [9.17, 15) is 18.3 Å². The second-order valence-corrected chi connectivity index (χ2v) is 10.1. The number of benzene rings is 2. The summed E-state index contributed by atoms with van der Waals surface area (Å²) in [6.45, 7) is 5.49. The van der Waals surface area contributed by atoms with Gasteiger partial charge in [-0.15, -0.1) is 0 Å². The molecule has 1 N–H and O–H groups in total. The minimum absolute atomic E-state index is 0.0266. The smallest absolute Gasteiger partial charge is 0.307 e. The van der Waals surface area contributed by atoms with Gasteiger partial charge in [0.25, 0.3) is 0 Å². The van der Waals surface area contributed by atoms with E-state index < -0.39 is 15.8 Å². The largest absolute Gasteiger partial charge is 0.491 e. The number of aromatic nitrogens is 2. The third-order valence-electron chi connectivity index (χ3n) is 4.82. The van der Waals surface area contributed by atoms with E-state index in [1.54, 1.807) is 18.3 Å². The summed E-state index contributed by atoms with van der Waals surface area (Å²) < 4.78 is 39.2. The van der Waals surface area contributed by atoms with E-state index in [0.717, 1.165) is 17.7 Å². The molecule has 0 atom stereocenters. The molecule has 3 rings (SSSR count). The first-order chi connectivity index (χ1) is 15.7. The SMILES string of the molecule is COCCOc1cc(CC(=O)O)cc(S(=O)(=O)c2cccc(-c3cnn(CC(C)C)c3)c2)c1. The summed E-state index contributed by atoms with van der Waals surface area (Å²) >= 11 is 0. The van der Waals surface area contributed by atoms with Gasteiger partial charge in [-0.05, 0) is 47.4 Å². The van der Waals surface area contributed by atoms with Crippen LogP contribution in [-0.2, 0) is 32.3 Å². The highest BCUT2D eigenvalue weighted by atomic mass is 32.2. The third kappa shape index (κ3) is 6.43. The van der Waals surface area contributed by atoms with Crippen molar-refractivity contribution in [3.8, 4) is 16.9 Å². The van der Waals surface area contributed by atoms with Crippen molar-refractivity contribution in [1.82, 2.24) is 9.78 Å². The van der Waals surface area contributed by atoms with Crippen molar-refractivity contribution in [2.45, 2.75) is 36.6 Å². The summed E-state index contributed by atoms with van der Waals surface area (Å²) in [6, 6.07) is 10.9. The molecule has 8 nitrogen and oxygen atoms in total. The Kier molecular flexibility index (Phi) is 7.88. The van der Waals surface area contributed by atoms with Crippen LogP contribution in [0.2, 0.25) is 0 Å². The predicted octanol–water partition coefficient (Wildman–Crippen LogP) is 3.69. The molecule has 0 aliphatic rings. The molecule has 0 fully saturated rings. The van der Waals surface area contributed by atoms with Crippen molar-refractivity contribution in [1.29, 1.82) is 0 Å². The van der Waals surface area contributed by atoms with Gasteiger partial charge in [0.2, 0.25) is 9.84 Å². The average Bonchev–Trinajstić information content (AvgIpc) is 3.21. The zero-order chi connectivity index (χ0) is 24.0. The van der Waals surface area contributed by atoms with E-state index in [2.05, 4.69) is 18.9 Å². The van der Waals surface area contributed by atoms with Crippen LogP contribution in [-0.4, -0.2) is 49.6 Å². The number of methoxy groups -OCH3 is 1. The van der Waals surface area contributed by atoms with Crippen LogP contribution >= 0.6 is 0 Å². The number of nitrogens with zero attached hydrogens (tertiary/aromatic N) is 2. The number of carboxylic acids is 1. The number of rotatable bonds is 11. The molecule has 1 aromatic heterocycles. The Bertz CT molecular complexity index is 1220. The van der Waals surface area contributed by atoms with Gasteiger partial charge in [-0.2, -0.15) is 5.10 Å². The van der Waals surface area contributed by atoms with Gasteiger partial charge in [0.05, 0.1) is 29.0 Å². The van der Waals surface area contributed by atoms with Crippen LogP contribution in [0.5, 0.6) is 5.75 Å². The zero-order valence-electron chi connectivity index (χ0n) is 18.9. The van der Waals surface area contributed by atoms with E-state index in [1.165, 1.54) is 31.4 Å². The quantitative estimate of drug-likeness (QED) is 0.424. The van der Waals surface area contributed by atoms with Crippen molar-refractivity contribution in [3.63, 3.8) is 0 Å². The maximum atomic E-state index is 13.4. The summed E-state index contributed by atoms with van der Waals surface area (Å²) in [7, 11) is -2.40. The van der Waals surface area contributed by atoms with E-state index in [4.69, 9.17) is 9.47 Å². The topological polar surface area (TPSA) is 108 Å². The van der Waals surface area contributed by atoms with E-state index in [-0.39, 0.29) is 28.6 Å². The number of sulfone groups is 1. The summed E-state index contributed by atoms with van der Waals surface area (Å²) in [5.74, 6) is -0.355. The van der Waals surface area contributed by atoms with Crippen LogP contribution < -0.4 is 4.74 Å². The fraction of sp³-hybridized carbons (Fsp3) is 0.333. The Morgan fingerprint density at radius 3 is 2.58 bits per heavy atom. The zero-order valence-corrected chi connectivity index (χ0v) is 19.7. The van der Waals surface area contributed by atoms with Gasteiger partial charge in [-0.3, -0.25) is 9.48 Å². The fourth-order valence-electron chi connectivity index (χ4n) is 3.35. The number of aliphatic carboxylic acids is 1. The maximum Gasteiger partial charge on any atom is 0.307 e. The van der Waals surface area contributed by atoms with Crippen molar-refractivity contribution < 1.29 is 27.8 Å². The lowest BCUT2D eigenvalue weighted by Gasteiger charge is -2.12. The number of hydrogen-bond acceptors (Lipinski definition) is 6. The first kappa shape index (κ1) is 24.5. The van der Waals surface area contributed by atoms with Crippen LogP contribution in [0.4, 0.5) is 0 Å². The van der Waals surface area contributed by atoms with Gasteiger partial charge in [0.1, 0.15) is 12.4 Å². The molecule has 0 radical (unpaired) electrons. The lowest BCUT2D eigenvalue weighted by molar-refractivity contribution is -0.136. The number of carbonyl (C=O) groups is 1. The van der Waals surface area contributed by atoms with Crippen molar-refractivity contribution in [3.05, 3.63) is 60.4 Å². The molecular weight excluding hydrogens is 444 g/mol. The minimum atomic E-state index is -3.92. The average molecular weight is 473 g/mol. The summed E-state index contributed by atoms with van der Waals surface area (Å²) in [5, 5.41) is 13.5. The molecule has 2 aromatic carbocycles. The molecule has 176 valence electrons. The second-order valence-electron chi connectivity index (χ2n) is 8.10. The monoisotopic (exact) mass is 472 g/mol. The molecule has 0 aliphatic carbocycles. The van der Waals surface area contributed by atoms with Gasteiger partial charge in [-0.25, -0.2) is 8.42 Å². The molecule has 0 saturated carbocycles. The lowest BCUT2D eigenvalue weighted by atomic mass is 10.1. The Hall–Kier alpha value is -3.17. The molecule has 3 aromatic rings. The summed E-state index contributed by atoms with van der Waals surface area (Å²) in [6.07, 6.45) is 3.28. The van der Waals surface area contributed by atoms with Gasteiger partial charge < -0.3 is 14.6 Å². The molecule has 1 heterocycles. The molecule has 0 unspecified atom stereocenters. The molecule has 33 heavy (non-hydrogen) atoms. The minimum Gasteiger partial charge on any atom is -0.491 e. The first-order valence-corrected chi connectivity index (χ1v) is 12.0.